The average molecular weight is 256 g/mol. The van der Waals surface area contributed by atoms with Crippen molar-refractivity contribution in [3.63, 3.8) is 0 Å². The monoisotopic (exact) mass is 256 g/mol. The second kappa shape index (κ2) is 4.51. The van der Waals surface area contributed by atoms with Crippen LogP contribution in [0.15, 0.2) is 18.6 Å². The number of fused-ring (bicyclic) bond motifs is 2. The van der Waals surface area contributed by atoms with Crippen LogP contribution in [-0.2, 0) is 0 Å². The second-order valence-corrected chi connectivity index (χ2v) is 5.97. The summed E-state index contributed by atoms with van der Waals surface area (Å²) in [5, 5.41) is 0. The van der Waals surface area contributed by atoms with Crippen molar-refractivity contribution in [3.8, 4) is 0 Å². The van der Waals surface area contributed by atoms with Crippen molar-refractivity contribution in [1.29, 1.82) is 0 Å². The van der Waals surface area contributed by atoms with Crippen molar-refractivity contribution in [2.45, 2.75) is 32.1 Å². The summed E-state index contributed by atoms with van der Waals surface area (Å²) >= 11 is 0. The van der Waals surface area contributed by atoms with Crippen LogP contribution in [0.4, 0.5) is 5.82 Å². The van der Waals surface area contributed by atoms with Crippen molar-refractivity contribution in [2.24, 2.45) is 11.8 Å². The third-order valence-electron chi connectivity index (χ3n) is 4.92. The highest BCUT2D eigenvalue weighted by Crippen LogP contribution is 2.37. The third-order valence-corrected chi connectivity index (χ3v) is 4.92. The Morgan fingerprint density at radius 2 is 2.00 bits per heavy atom. The van der Waals surface area contributed by atoms with Gasteiger partial charge in [0.15, 0.2) is 5.82 Å². The van der Waals surface area contributed by atoms with E-state index in [9.17, 15) is 0 Å². The number of aromatic nitrogens is 3. The Bertz CT molecular complexity index is 576. The maximum atomic E-state index is 4.52. The minimum Gasteiger partial charge on any atom is -0.357 e. The Labute approximate surface area is 113 Å². The number of anilines is 1. The molecule has 0 bridgehead atoms. The summed E-state index contributed by atoms with van der Waals surface area (Å²) in [5.74, 6) is 2.94. The minimum atomic E-state index is 0.877. The number of nitrogens with one attached hydrogen (secondary N) is 1. The quantitative estimate of drug-likeness (QED) is 0.853. The normalized spacial score (nSPS) is 27.5. The zero-order valence-corrected chi connectivity index (χ0v) is 11.2. The predicted octanol–water partition coefficient (Wildman–Crippen LogP) is 2.97. The Kier molecular flexibility index (Phi) is 2.67. The van der Waals surface area contributed by atoms with Gasteiger partial charge in [0.25, 0.3) is 0 Å². The van der Waals surface area contributed by atoms with Crippen LogP contribution in [0.2, 0.25) is 0 Å². The van der Waals surface area contributed by atoms with Crippen molar-refractivity contribution < 1.29 is 0 Å². The molecule has 1 aliphatic heterocycles. The molecule has 2 aromatic heterocycles. The molecule has 0 aromatic carbocycles. The summed E-state index contributed by atoms with van der Waals surface area (Å²) in [6.45, 7) is 2.32. The van der Waals surface area contributed by atoms with Crippen LogP contribution in [0.3, 0.4) is 0 Å². The van der Waals surface area contributed by atoms with Crippen molar-refractivity contribution in [3.05, 3.63) is 18.6 Å². The van der Waals surface area contributed by atoms with E-state index in [1.54, 1.807) is 6.33 Å². The van der Waals surface area contributed by atoms with E-state index in [1.807, 2.05) is 12.3 Å². The maximum absolute atomic E-state index is 4.52. The number of H-pyrrole nitrogens is 1. The van der Waals surface area contributed by atoms with Crippen molar-refractivity contribution in [1.82, 2.24) is 15.0 Å². The molecule has 3 heterocycles. The maximum Gasteiger partial charge on any atom is 0.156 e. The highest BCUT2D eigenvalue weighted by atomic mass is 15.2. The molecule has 4 rings (SSSR count). The first-order valence-corrected chi connectivity index (χ1v) is 7.45. The standard InChI is InChI=1S/C15H20N4/c1-2-4-12-9-19(8-6-11(12)3-1)15-14-13(5-7-16-14)17-10-18-15/h5,7,10-12,16H,1-4,6,8-9H2/t11-,12-/m0/s1. The van der Waals surface area contributed by atoms with E-state index in [0.717, 1.165) is 35.2 Å². The lowest BCUT2D eigenvalue weighted by Crippen LogP contribution is -2.42. The lowest BCUT2D eigenvalue weighted by Gasteiger charge is -2.41. The summed E-state index contributed by atoms with van der Waals surface area (Å²) < 4.78 is 0. The molecule has 19 heavy (non-hydrogen) atoms. The van der Waals surface area contributed by atoms with E-state index in [1.165, 1.54) is 38.6 Å². The molecular formula is C15H20N4. The molecule has 1 N–H and O–H groups in total. The molecule has 0 unspecified atom stereocenters. The zero-order valence-electron chi connectivity index (χ0n) is 11.2. The fourth-order valence-corrected chi connectivity index (χ4v) is 3.89. The molecule has 2 aliphatic rings. The highest BCUT2D eigenvalue weighted by Gasteiger charge is 2.32. The molecule has 0 radical (unpaired) electrons. The van der Waals surface area contributed by atoms with Crippen LogP contribution in [0.1, 0.15) is 32.1 Å². The van der Waals surface area contributed by atoms with Gasteiger partial charge >= 0.3 is 0 Å². The molecule has 1 aliphatic carbocycles. The largest absolute Gasteiger partial charge is 0.357 e. The average Bonchev–Trinajstić information content (AvgIpc) is 2.95. The first-order valence-electron chi connectivity index (χ1n) is 7.45. The van der Waals surface area contributed by atoms with Gasteiger partial charge in [0.2, 0.25) is 0 Å². The molecule has 4 heteroatoms. The first-order chi connectivity index (χ1) is 9.42. The molecule has 0 amide bonds. The van der Waals surface area contributed by atoms with E-state index in [-0.39, 0.29) is 0 Å². The van der Waals surface area contributed by atoms with E-state index in [4.69, 9.17) is 0 Å². The van der Waals surface area contributed by atoms with Crippen molar-refractivity contribution >= 4 is 16.9 Å². The minimum absolute atomic E-state index is 0.877. The number of nitrogens with zero attached hydrogens (tertiary/aromatic N) is 3. The summed E-state index contributed by atoms with van der Waals surface area (Å²) in [7, 11) is 0. The Hall–Kier alpha value is -1.58. The van der Waals surface area contributed by atoms with Crippen LogP contribution < -0.4 is 4.90 Å². The van der Waals surface area contributed by atoms with Gasteiger partial charge in [-0.05, 0) is 30.7 Å². The molecule has 0 spiro atoms. The van der Waals surface area contributed by atoms with Crippen LogP contribution in [0.25, 0.3) is 11.0 Å². The SMILES string of the molecule is c1nc(N2CC[C@@H]3CCCC[C@H]3C2)c2[nH]ccc2n1. The van der Waals surface area contributed by atoms with Gasteiger partial charge < -0.3 is 9.88 Å². The molecule has 2 aromatic rings. The van der Waals surface area contributed by atoms with Crippen LogP contribution in [0.5, 0.6) is 0 Å². The van der Waals surface area contributed by atoms with Gasteiger partial charge in [-0.1, -0.05) is 19.3 Å². The smallest absolute Gasteiger partial charge is 0.156 e. The molecule has 2 fully saturated rings. The lowest BCUT2D eigenvalue weighted by atomic mass is 9.75. The highest BCUT2D eigenvalue weighted by molar-refractivity contribution is 5.85. The van der Waals surface area contributed by atoms with Gasteiger partial charge in [0.05, 0.1) is 5.52 Å². The first kappa shape index (κ1) is 11.3. The van der Waals surface area contributed by atoms with Gasteiger partial charge in [-0.25, -0.2) is 9.97 Å². The number of hydrogen-bond acceptors (Lipinski definition) is 3. The van der Waals surface area contributed by atoms with E-state index in [2.05, 4.69) is 19.9 Å². The van der Waals surface area contributed by atoms with Gasteiger partial charge in [-0.2, -0.15) is 0 Å². The summed E-state index contributed by atoms with van der Waals surface area (Å²) in [4.78, 5) is 14.6. The summed E-state index contributed by atoms with van der Waals surface area (Å²) in [6.07, 6.45) is 10.7. The number of rotatable bonds is 1. The molecule has 2 atom stereocenters. The number of piperidine rings is 1. The van der Waals surface area contributed by atoms with E-state index < -0.39 is 0 Å². The van der Waals surface area contributed by atoms with E-state index >= 15 is 0 Å². The fraction of sp³-hybridized carbons (Fsp3) is 0.600. The number of hydrogen-bond donors (Lipinski definition) is 1. The van der Waals surface area contributed by atoms with Gasteiger partial charge in [-0.3, -0.25) is 0 Å². The summed E-state index contributed by atoms with van der Waals surface area (Å²) in [5.41, 5.74) is 2.12. The van der Waals surface area contributed by atoms with Gasteiger partial charge in [-0.15, -0.1) is 0 Å². The van der Waals surface area contributed by atoms with Crippen molar-refractivity contribution in [2.75, 3.05) is 18.0 Å². The topological polar surface area (TPSA) is 44.8 Å². The van der Waals surface area contributed by atoms with Crippen LogP contribution in [-0.4, -0.2) is 28.0 Å². The number of aromatic amines is 1. The molecule has 4 nitrogen and oxygen atoms in total. The predicted molar refractivity (Wildman–Crippen MR) is 76.2 cm³/mol. The fourth-order valence-electron chi connectivity index (χ4n) is 3.89. The van der Waals surface area contributed by atoms with Crippen LogP contribution >= 0.6 is 0 Å². The molecule has 1 saturated heterocycles. The van der Waals surface area contributed by atoms with Crippen LogP contribution in [0, 0.1) is 11.8 Å². The summed E-state index contributed by atoms with van der Waals surface area (Å²) in [6, 6.07) is 2.02. The lowest BCUT2D eigenvalue weighted by molar-refractivity contribution is 0.202. The molecule has 1 saturated carbocycles. The Balaban J connectivity index is 1.64. The zero-order chi connectivity index (χ0) is 12.7. The third kappa shape index (κ3) is 1.90. The van der Waals surface area contributed by atoms with Gasteiger partial charge in [0, 0.05) is 19.3 Å². The molecular weight excluding hydrogens is 236 g/mol. The second-order valence-electron chi connectivity index (χ2n) is 5.97. The van der Waals surface area contributed by atoms with E-state index in [0.29, 0.717) is 0 Å². The Morgan fingerprint density at radius 1 is 1.11 bits per heavy atom. The Morgan fingerprint density at radius 3 is 2.95 bits per heavy atom. The molecule has 100 valence electrons. The van der Waals surface area contributed by atoms with Gasteiger partial charge in [0.1, 0.15) is 11.8 Å².